The summed E-state index contributed by atoms with van der Waals surface area (Å²) in [5.74, 6) is 1.11. The molecule has 0 atom stereocenters. The molecule has 0 amide bonds. The Bertz CT molecular complexity index is 42.0. The van der Waals surface area contributed by atoms with Crippen LogP contribution in [-0.2, 0) is 0 Å². The summed E-state index contributed by atoms with van der Waals surface area (Å²) in [5.41, 5.74) is 2.25. The van der Waals surface area contributed by atoms with E-state index in [1.54, 1.807) is 0 Å². The van der Waals surface area contributed by atoms with E-state index in [1.165, 1.54) is 0 Å². The zero-order valence-corrected chi connectivity index (χ0v) is 5.60. The highest BCUT2D eigenvalue weighted by Crippen LogP contribution is 1.75. The summed E-state index contributed by atoms with van der Waals surface area (Å²) in [4.78, 5) is 0. The minimum Gasteiger partial charge on any atom is -0.137 e. The lowest BCUT2D eigenvalue weighted by Crippen LogP contribution is -1.63. The topological polar surface area (TPSA) is 0 Å². The average molecular weight is 139 g/mol. The van der Waals surface area contributed by atoms with E-state index in [2.05, 4.69) is 18.9 Å². The first kappa shape index (κ1) is 10.2. The first-order valence-electron chi connectivity index (χ1n) is 1.74. The summed E-state index contributed by atoms with van der Waals surface area (Å²) in [6.45, 7) is 6.25. The van der Waals surface area contributed by atoms with E-state index in [0.717, 1.165) is 0 Å². The van der Waals surface area contributed by atoms with E-state index in [1.807, 2.05) is 0 Å². The molecule has 2 heteroatoms. The molecule has 0 radical (unpaired) electrons. The molecule has 42 valence electrons. The van der Waals surface area contributed by atoms with Crippen molar-refractivity contribution in [2.75, 3.05) is 11.8 Å². The largest absolute Gasteiger partial charge is 0.137 e. The van der Waals surface area contributed by atoms with Crippen LogP contribution in [-0.4, -0.2) is 11.8 Å². The van der Waals surface area contributed by atoms with Gasteiger partial charge in [-0.1, -0.05) is 13.2 Å². The van der Waals surface area contributed by atoms with Crippen molar-refractivity contribution in [2.45, 2.75) is 0 Å². The Labute approximate surface area is 54.4 Å². The van der Waals surface area contributed by atoms with Crippen LogP contribution >= 0.6 is 23.2 Å². The summed E-state index contributed by atoms with van der Waals surface area (Å²) >= 11 is 10.1. The Morgan fingerprint density at radius 2 is 1.29 bits per heavy atom. The monoisotopic (exact) mass is 138 g/mol. The van der Waals surface area contributed by atoms with Gasteiger partial charge in [-0.25, -0.2) is 0 Å². The van der Waals surface area contributed by atoms with Crippen LogP contribution in [0.15, 0.2) is 18.9 Å². The zero-order chi connectivity index (χ0) is 6.12. The van der Waals surface area contributed by atoms with Crippen LogP contribution in [0.4, 0.5) is 0 Å². The molecule has 0 N–H and O–H groups in total. The van der Waals surface area contributed by atoms with Crippen LogP contribution in [0.1, 0.15) is 0 Å². The first-order chi connectivity index (χ1) is 3.33. The number of hydrogen-bond acceptors (Lipinski definition) is 0. The predicted molar refractivity (Wildman–Crippen MR) is 36.2 cm³/mol. The van der Waals surface area contributed by atoms with Crippen LogP contribution < -0.4 is 0 Å². The Morgan fingerprint density at radius 3 is 1.29 bits per heavy atom. The van der Waals surface area contributed by atoms with Crippen LogP contribution in [0.25, 0.3) is 0 Å². The molecule has 0 bridgehead atoms. The maximum Gasteiger partial charge on any atom is 0.0359 e. The molecule has 0 aliphatic rings. The molecule has 0 nitrogen and oxygen atoms in total. The zero-order valence-electron chi connectivity index (χ0n) is 4.08. The Balaban J connectivity index is 0. The standard InChI is InChI=1S/C3H4.C2H4Cl2/c1-3-2;3-1-2-4/h1-2H2;1-2H2. The molecule has 0 aliphatic heterocycles. The molecule has 0 rings (SSSR count). The fourth-order valence-electron chi connectivity index (χ4n) is 0. The van der Waals surface area contributed by atoms with Gasteiger partial charge in [0.15, 0.2) is 0 Å². The van der Waals surface area contributed by atoms with E-state index in [9.17, 15) is 0 Å². The molecule has 0 fully saturated rings. The van der Waals surface area contributed by atoms with Crippen LogP contribution in [0, 0.1) is 0 Å². The van der Waals surface area contributed by atoms with Crippen molar-refractivity contribution in [1.29, 1.82) is 0 Å². The Hall–Kier alpha value is 0.100. The van der Waals surface area contributed by atoms with Gasteiger partial charge in [0.05, 0.1) is 0 Å². The molecule has 0 saturated heterocycles. The van der Waals surface area contributed by atoms with Crippen molar-refractivity contribution in [2.24, 2.45) is 0 Å². The number of halogens is 2. The lowest BCUT2D eigenvalue weighted by atomic mass is 11.0. The molecule has 0 aliphatic carbocycles. The van der Waals surface area contributed by atoms with Gasteiger partial charge in [-0.2, -0.15) is 0 Å². The summed E-state index contributed by atoms with van der Waals surface area (Å²) in [6.07, 6.45) is 0. The van der Waals surface area contributed by atoms with Gasteiger partial charge < -0.3 is 0 Å². The van der Waals surface area contributed by atoms with Gasteiger partial charge in [0.1, 0.15) is 0 Å². The highest BCUT2D eigenvalue weighted by molar-refractivity contribution is 6.25. The Morgan fingerprint density at radius 1 is 1.14 bits per heavy atom. The van der Waals surface area contributed by atoms with Crippen molar-refractivity contribution in [1.82, 2.24) is 0 Å². The normalized spacial score (nSPS) is 5.43. The second-order valence-electron chi connectivity index (χ2n) is 0.628. The minimum atomic E-state index is 0.557. The Kier molecular flexibility index (Phi) is 24.0. The number of hydrogen-bond donors (Lipinski definition) is 0. The molecule has 7 heavy (non-hydrogen) atoms. The predicted octanol–water partition coefficient (Wildman–Crippen LogP) is 2.42. The molecule has 0 aromatic carbocycles. The fourth-order valence-corrected chi connectivity index (χ4v) is 0. The van der Waals surface area contributed by atoms with E-state index < -0.39 is 0 Å². The number of alkyl halides is 2. The highest BCUT2D eigenvalue weighted by Gasteiger charge is 1.61. The van der Waals surface area contributed by atoms with Crippen molar-refractivity contribution in [3.63, 3.8) is 0 Å². The fraction of sp³-hybridized carbons (Fsp3) is 0.400. The van der Waals surface area contributed by atoms with E-state index in [0.29, 0.717) is 11.8 Å². The average Bonchev–Trinajstić information content (AvgIpc) is 1.69. The van der Waals surface area contributed by atoms with Crippen molar-refractivity contribution in [3.8, 4) is 0 Å². The third-order valence-electron chi connectivity index (χ3n) is 0.0714. The second kappa shape index (κ2) is 16.5. The lowest BCUT2D eigenvalue weighted by Gasteiger charge is -1.63. The van der Waals surface area contributed by atoms with Gasteiger partial charge in [0.25, 0.3) is 0 Å². The molecule has 0 aromatic heterocycles. The van der Waals surface area contributed by atoms with Gasteiger partial charge in [-0.15, -0.1) is 28.9 Å². The molecule has 0 spiro atoms. The quantitative estimate of drug-likeness (QED) is 0.386. The minimum absolute atomic E-state index is 0.557. The van der Waals surface area contributed by atoms with Crippen LogP contribution in [0.5, 0.6) is 0 Å². The number of rotatable bonds is 1. The SMILES string of the molecule is C=C=C.ClCCCl. The summed E-state index contributed by atoms with van der Waals surface area (Å²) in [5, 5.41) is 0. The smallest absolute Gasteiger partial charge is 0.0359 e. The van der Waals surface area contributed by atoms with E-state index in [-0.39, 0.29) is 0 Å². The first-order valence-corrected chi connectivity index (χ1v) is 2.81. The van der Waals surface area contributed by atoms with Crippen LogP contribution in [0.2, 0.25) is 0 Å². The summed E-state index contributed by atoms with van der Waals surface area (Å²) < 4.78 is 0. The second-order valence-corrected chi connectivity index (χ2v) is 1.38. The molecule has 0 heterocycles. The molecule has 0 unspecified atom stereocenters. The third kappa shape index (κ3) is 84.7. The van der Waals surface area contributed by atoms with Gasteiger partial charge in [-0.3, -0.25) is 0 Å². The van der Waals surface area contributed by atoms with Gasteiger partial charge in [0, 0.05) is 11.8 Å². The summed E-state index contributed by atoms with van der Waals surface area (Å²) in [7, 11) is 0. The molecular formula is C5H8Cl2. The maximum absolute atomic E-state index is 5.05. The highest BCUT2D eigenvalue weighted by atomic mass is 35.5. The van der Waals surface area contributed by atoms with Gasteiger partial charge in [0.2, 0.25) is 0 Å². The van der Waals surface area contributed by atoms with E-state index >= 15 is 0 Å². The molecule has 0 aromatic rings. The van der Waals surface area contributed by atoms with Crippen molar-refractivity contribution >= 4 is 23.2 Å². The van der Waals surface area contributed by atoms with Crippen molar-refractivity contribution < 1.29 is 0 Å². The lowest BCUT2D eigenvalue weighted by molar-refractivity contribution is 1.52. The molecule has 0 saturated carbocycles. The maximum atomic E-state index is 5.05. The van der Waals surface area contributed by atoms with E-state index in [4.69, 9.17) is 23.2 Å². The van der Waals surface area contributed by atoms with Crippen LogP contribution in [0.3, 0.4) is 0 Å². The van der Waals surface area contributed by atoms with Crippen molar-refractivity contribution in [3.05, 3.63) is 18.9 Å². The molecular weight excluding hydrogens is 131 g/mol. The summed E-state index contributed by atoms with van der Waals surface area (Å²) in [6, 6.07) is 0. The van der Waals surface area contributed by atoms with Gasteiger partial charge in [-0.05, 0) is 0 Å². The third-order valence-corrected chi connectivity index (χ3v) is 0.643. The van der Waals surface area contributed by atoms with Gasteiger partial charge >= 0.3 is 0 Å².